The summed E-state index contributed by atoms with van der Waals surface area (Å²) in [5, 5.41) is 3.76. The van der Waals surface area contributed by atoms with Crippen LogP contribution in [0.25, 0.3) is 0 Å². The third-order valence-electron chi connectivity index (χ3n) is 5.98. The van der Waals surface area contributed by atoms with Gasteiger partial charge in [-0.05, 0) is 56.3 Å². The molecular formula is C17H25N3O3. The van der Waals surface area contributed by atoms with Gasteiger partial charge in [0.2, 0.25) is 5.91 Å². The van der Waals surface area contributed by atoms with Crippen molar-refractivity contribution in [1.29, 1.82) is 0 Å². The summed E-state index contributed by atoms with van der Waals surface area (Å²) in [5.74, 6) is 1.34. The van der Waals surface area contributed by atoms with Crippen LogP contribution in [0.2, 0.25) is 0 Å². The third-order valence-corrected chi connectivity index (χ3v) is 5.98. The number of nitrogens with one attached hydrogen (secondary N) is 2. The van der Waals surface area contributed by atoms with Crippen LogP contribution in [0.15, 0.2) is 0 Å². The van der Waals surface area contributed by atoms with Crippen LogP contribution in [0.5, 0.6) is 0 Å². The summed E-state index contributed by atoms with van der Waals surface area (Å²) in [5.41, 5.74) is 1.81. The Morgan fingerprint density at radius 1 is 1.13 bits per heavy atom. The highest BCUT2D eigenvalue weighted by Crippen LogP contribution is 2.50. The van der Waals surface area contributed by atoms with Crippen LogP contribution in [0, 0.1) is 17.8 Å². The number of imide groups is 1. The molecule has 3 saturated carbocycles. The second-order valence-electron chi connectivity index (χ2n) is 7.79. The molecule has 0 bridgehead atoms. The molecule has 23 heavy (non-hydrogen) atoms. The molecule has 1 aliphatic heterocycles. The van der Waals surface area contributed by atoms with Crippen molar-refractivity contribution >= 4 is 17.8 Å². The highest BCUT2D eigenvalue weighted by Gasteiger charge is 2.52. The first-order valence-corrected chi connectivity index (χ1v) is 9.05. The molecule has 2 N–H and O–H groups in total. The van der Waals surface area contributed by atoms with Crippen molar-refractivity contribution < 1.29 is 14.4 Å². The minimum Gasteiger partial charge on any atom is -0.322 e. The molecule has 4 aliphatic rings. The first-order valence-electron chi connectivity index (χ1n) is 9.05. The Hall–Kier alpha value is -1.59. The Labute approximate surface area is 136 Å². The number of urea groups is 1. The van der Waals surface area contributed by atoms with Crippen molar-refractivity contribution in [2.75, 3.05) is 0 Å². The van der Waals surface area contributed by atoms with E-state index in [1.54, 1.807) is 0 Å². The number of hydrazine groups is 1. The lowest BCUT2D eigenvalue weighted by Crippen LogP contribution is -2.51. The van der Waals surface area contributed by atoms with Gasteiger partial charge in [-0.15, -0.1) is 0 Å². The molecule has 4 amide bonds. The maximum Gasteiger partial charge on any atom is 0.344 e. The Kier molecular flexibility index (Phi) is 3.58. The molecule has 3 aliphatic carbocycles. The van der Waals surface area contributed by atoms with Crippen molar-refractivity contribution in [1.82, 2.24) is 15.8 Å². The molecule has 126 valence electrons. The van der Waals surface area contributed by atoms with Crippen molar-refractivity contribution in [3.05, 3.63) is 0 Å². The highest BCUT2D eigenvalue weighted by molar-refractivity contribution is 6.08. The molecule has 1 saturated heterocycles. The van der Waals surface area contributed by atoms with Gasteiger partial charge in [0.1, 0.15) is 5.54 Å². The zero-order chi connectivity index (χ0) is 16.0. The fraction of sp³-hybridized carbons (Fsp3) is 0.824. The predicted molar refractivity (Wildman–Crippen MR) is 82.9 cm³/mol. The quantitative estimate of drug-likeness (QED) is 0.762. The van der Waals surface area contributed by atoms with Gasteiger partial charge in [0.15, 0.2) is 0 Å². The fourth-order valence-electron chi connectivity index (χ4n) is 4.37. The maximum atomic E-state index is 12.6. The molecule has 6 heteroatoms. The number of nitrogens with zero attached hydrogens (tertiary/aromatic N) is 1. The van der Waals surface area contributed by atoms with E-state index in [2.05, 4.69) is 10.7 Å². The van der Waals surface area contributed by atoms with E-state index in [1.807, 2.05) is 0 Å². The summed E-state index contributed by atoms with van der Waals surface area (Å²) < 4.78 is 0. The zero-order valence-corrected chi connectivity index (χ0v) is 13.5. The first kappa shape index (κ1) is 15.0. The second-order valence-corrected chi connectivity index (χ2v) is 7.79. The molecule has 0 unspecified atom stereocenters. The minimum atomic E-state index is -0.769. The van der Waals surface area contributed by atoms with Crippen molar-refractivity contribution in [3.8, 4) is 0 Å². The van der Waals surface area contributed by atoms with Crippen molar-refractivity contribution in [2.24, 2.45) is 17.8 Å². The summed E-state index contributed by atoms with van der Waals surface area (Å²) in [7, 11) is 0. The normalized spacial score (nSPS) is 26.7. The first-order chi connectivity index (χ1) is 11.1. The third kappa shape index (κ3) is 2.83. The van der Waals surface area contributed by atoms with Gasteiger partial charge in [-0.3, -0.25) is 15.0 Å². The standard InChI is InChI=1S/C17H25N3O3/c21-14(10-13(11-4-5-11)12-6-7-12)19-20-15(22)17(18-16(20)23)8-2-1-3-9-17/h11-13H,1-10H2,(H,18,23)(H,19,21). The molecule has 4 fully saturated rings. The zero-order valence-electron chi connectivity index (χ0n) is 13.5. The van der Waals surface area contributed by atoms with E-state index in [9.17, 15) is 14.4 Å². The maximum absolute atomic E-state index is 12.6. The number of amides is 4. The van der Waals surface area contributed by atoms with Crippen LogP contribution in [0.4, 0.5) is 4.79 Å². The highest BCUT2D eigenvalue weighted by atomic mass is 16.2. The van der Waals surface area contributed by atoms with E-state index < -0.39 is 11.6 Å². The Balaban J connectivity index is 1.38. The van der Waals surface area contributed by atoms with Gasteiger partial charge in [-0.25, -0.2) is 4.79 Å². The summed E-state index contributed by atoms with van der Waals surface area (Å²) in [6.07, 6.45) is 9.68. The van der Waals surface area contributed by atoms with Crippen LogP contribution in [-0.2, 0) is 9.59 Å². The van der Waals surface area contributed by atoms with Crippen molar-refractivity contribution in [3.63, 3.8) is 0 Å². The van der Waals surface area contributed by atoms with Crippen LogP contribution in [0.3, 0.4) is 0 Å². The molecule has 0 aromatic heterocycles. The average Bonchev–Trinajstić information content (AvgIpc) is 3.43. The Morgan fingerprint density at radius 3 is 2.30 bits per heavy atom. The number of carbonyl (C=O) groups excluding carboxylic acids is 3. The van der Waals surface area contributed by atoms with Gasteiger partial charge in [0.25, 0.3) is 5.91 Å². The number of carbonyl (C=O) groups is 3. The molecule has 0 aromatic rings. The van der Waals surface area contributed by atoms with Crippen molar-refractivity contribution in [2.45, 2.75) is 69.7 Å². The molecule has 4 rings (SSSR count). The van der Waals surface area contributed by atoms with E-state index in [0.717, 1.165) is 24.3 Å². The van der Waals surface area contributed by atoms with E-state index in [4.69, 9.17) is 0 Å². The van der Waals surface area contributed by atoms with E-state index in [-0.39, 0.29) is 11.8 Å². The minimum absolute atomic E-state index is 0.190. The molecule has 0 radical (unpaired) electrons. The lowest BCUT2D eigenvalue weighted by molar-refractivity contribution is -0.140. The number of rotatable bonds is 5. The summed E-state index contributed by atoms with van der Waals surface area (Å²) in [6.45, 7) is 0. The molecule has 1 heterocycles. The van der Waals surface area contributed by atoms with Gasteiger partial charge in [-0.1, -0.05) is 19.3 Å². The lowest BCUT2D eigenvalue weighted by atomic mass is 9.82. The predicted octanol–water partition coefficient (Wildman–Crippen LogP) is 2.10. The van der Waals surface area contributed by atoms with Crippen LogP contribution in [0.1, 0.15) is 64.2 Å². The number of hydrogen-bond acceptors (Lipinski definition) is 3. The smallest absolute Gasteiger partial charge is 0.322 e. The number of hydrogen-bond donors (Lipinski definition) is 2. The molecule has 6 nitrogen and oxygen atoms in total. The Bertz CT molecular complexity index is 521. The van der Waals surface area contributed by atoms with Gasteiger partial charge in [-0.2, -0.15) is 5.01 Å². The Morgan fingerprint density at radius 2 is 1.74 bits per heavy atom. The molecule has 1 spiro atoms. The van der Waals surface area contributed by atoms with Gasteiger partial charge >= 0.3 is 6.03 Å². The van der Waals surface area contributed by atoms with Crippen LogP contribution < -0.4 is 10.7 Å². The fourth-order valence-corrected chi connectivity index (χ4v) is 4.37. The van der Waals surface area contributed by atoms with Gasteiger partial charge < -0.3 is 5.32 Å². The average molecular weight is 319 g/mol. The molecular weight excluding hydrogens is 294 g/mol. The van der Waals surface area contributed by atoms with Gasteiger partial charge in [0, 0.05) is 6.42 Å². The largest absolute Gasteiger partial charge is 0.344 e. The SMILES string of the molecule is O=C(CC(C1CC1)C1CC1)NN1C(=O)NC2(CCCCC2)C1=O. The van der Waals surface area contributed by atoms with E-state index in [0.29, 0.717) is 37.0 Å². The van der Waals surface area contributed by atoms with E-state index >= 15 is 0 Å². The molecule has 0 aromatic carbocycles. The van der Waals surface area contributed by atoms with Crippen LogP contribution in [-0.4, -0.2) is 28.4 Å². The summed E-state index contributed by atoms with van der Waals surface area (Å²) in [6, 6.07) is -0.473. The lowest BCUT2D eigenvalue weighted by Gasteiger charge is -2.30. The van der Waals surface area contributed by atoms with Crippen LogP contribution >= 0.6 is 0 Å². The summed E-state index contributed by atoms with van der Waals surface area (Å²) >= 11 is 0. The second kappa shape index (κ2) is 5.49. The summed E-state index contributed by atoms with van der Waals surface area (Å²) in [4.78, 5) is 37.1. The topological polar surface area (TPSA) is 78.5 Å². The molecule has 0 atom stereocenters. The van der Waals surface area contributed by atoms with Gasteiger partial charge in [0.05, 0.1) is 0 Å². The van der Waals surface area contributed by atoms with E-state index in [1.165, 1.54) is 25.7 Å². The monoisotopic (exact) mass is 319 g/mol.